The number of aryl methyl sites for hydroxylation is 2. The molecule has 1 N–H and O–H groups in total. The van der Waals surface area contributed by atoms with Crippen LogP contribution in [0.15, 0.2) is 22.7 Å². The van der Waals surface area contributed by atoms with Gasteiger partial charge in [-0.1, -0.05) is 12.1 Å². The Morgan fingerprint density at radius 3 is 2.71 bits per heavy atom. The minimum Gasteiger partial charge on any atom is -0.393 e. The second kappa shape index (κ2) is 6.71. The van der Waals surface area contributed by atoms with Gasteiger partial charge in [-0.25, -0.2) is 4.39 Å². The molecule has 2 aromatic rings. The summed E-state index contributed by atoms with van der Waals surface area (Å²) in [7, 11) is 1.92. The first-order valence-electron chi connectivity index (χ1n) is 7.00. The number of halogens is 2. The molecule has 1 heterocycles. The largest absolute Gasteiger partial charge is 0.393 e. The van der Waals surface area contributed by atoms with Crippen LogP contribution < -0.4 is 0 Å². The van der Waals surface area contributed by atoms with Gasteiger partial charge in [-0.2, -0.15) is 5.10 Å². The van der Waals surface area contributed by atoms with Crippen molar-refractivity contribution in [2.24, 2.45) is 7.05 Å². The van der Waals surface area contributed by atoms with Crippen molar-refractivity contribution in [1.82, 2.24) is 9.78 Å². The van der Waals surface area contributed by atoms with Crippen LogP contribution in [-0.4, -0.2) is 21.0 Å². The number of aliphatic hydroxyl groups excluding tert-OH is 1. The van der Waals surface area contributed by atoms with E-state index in [9.17, 15) is 9.50 Å². The molecule has 5 heteroatoms. The van der Waals surface area contributed by atoms with E-state index in [1.54, 1.807) is 6.07 Å². The molecule has 0 saturated heterocycles. The highest BCUT2D eigenvalue weighted by atomic mass is 79.9. The lowest BCUT2D eigenvalue weighted by Gasteiger charge is -2.12. The molecule has 114 valence electrons. The van der Waals surface area contributed by atoms with Crippen LogP contribution in [0.25, 0.3) is 0 Å². The Hall–Kier alpha value is -1.20. The van der Waals surface area contributed by atoms with Crippen molar-refractivity contribution < 1.29 is 9.50 Å². The molecule has 0 bridgehead atoms. The molecule has 1 aromatic carbocycles. The highest BCUT2D eigenvalue weighted by molar-refractivity contribution is 9.10. The maximum absolute atomic E-state index is 13.4. The summed E-state index contributed by atoms with van der Waals surface area (Å²) >= 11 is 3.23. The van der Waals surface area contributed by atoms with E-state index >= 15 is 0 Å². The summed E-state index contributed by atoms with van der Waals surface area (Å²) in [5, 5.41) is 14.6. The molecule has 0 aliphatic carbocycles. The number of rotatable bonds is 5. The zero-order valence-electron chi connectivity index (χ0n) is 12.5. The van der Waals surface area contributed by atoms with E-state index in [0.717, 1.165) is 23.4 Å². The summed E-state index contributed by atoms with van der Waals surface area (Å²) in [6, 6.07) is 4.90. The minimum absolute atomic E-state index is 0.293. The number of nitrogens with zero attached hydrogens (tertiary/aromatic N) is 2. The fraction of sp³-hybridized carbons (Fsp3) is 0.438. The standard InChI is InChI=1S/C16H20BrFN2O/c1-10-14(11(2)20(3)19-10)8-7-13(21)9-12-5-4-6-15(18)16(12)17/h4-6,13,21H,7-9H2,1-3H3. The van der Waals surface area contributed by atoms with E-state index in [-0.39, 0.29) is 5.82 Å². The van der Waals surface area contributed by atoms with Crippen molar-refractivity contribution in [3.63, 3.8) is 0 Å². The Labute approximate surface area is 132 Å². The van der Waals surface area contributed by atoms with Gasteiger partial charge in [0.1, 0.15) is 5.82 Å². The lowest BCUT2D eigenvalue weighted by Crippen LogP contribution is -2.13. The van der Waals surface area contributed by atoms with Crippen LogP contribution in [0.4, 0.5) is 4.39 Å². The molecule has 2 rings (SSSR count). The van der Waals surface area contributed by atoms with Crippen LogP contribution >= 0.6 is 15.9 Å². The summed E-state index contributed by atoms with van der Waals surface area (Å²) in [5.41, 5.74) is 4.12. The van der Waals surface area contributed by atoms with Crippen LogP contribution in [0, 0.1) is 19.7 Å². The first-order chi connectivity index (χ1) is 9.90. The average Bonchev–Trinajstić information content (AvgIpc) is 2.67. The molecule has 0 spiro atoms. The van der Waals surface area contributed by atoms with Gasteiger partial charge in [0.25, 0.3) is 0 Å². The summed E-state index contributed by atoms with van der Waals surface area (Å²) in [6.07, 6.45) is 1.36. The number of benzene rings is 1. The first kappa shape index (κ1) is 16.2. The van der Waals surface area contributed by atoms with Gasteiger partial charge in [0, 0.05) is 12.7 Å². The Morgan fingerprint density at radius 1 is 1.38 bits per heavy atom. The molecular weight excluding hydrogens is 335 g/mol. The van der Waals surface area contributed by atoms with E-state index in [1.807, 2.05) is 31.6 Å². The highest BCUT2D eigenvalue weighted by Gasteiger charge is 2.14. The second-order valence-electron chi connectivity index (χ2n) is 5.38. The quantitative estimate of drug-likeness (QED) is 0.892. The van der Waals surface area contributed by atoms with Gasteiger partial charge in [0.2, 0.25) is 0 Å². The third-order valence-electron chi connectivity index (χ3n) is 3.87. The monoisotopic (exact) mass is 354 g/mol. The number of hydrogen-bond acceptors (Lipinski definition) is 2. The second-order valence-corrected chi connectivity index (χ2v) is 6.18. The Balaban J connectivity index is 1.99. The van der Waals surface area contributed by atoms with Gasteiger partial charge in [-0.05, 0) is 66.2 Å². The molecule has 1 unspecified atom stereocenters. The van der Waals surface area contributed by atoms with Gasteiger partial charge in [0.15, 0.2) is 0 Å². The normalized spacial score (nSPS) is 12.7. The van der Waals surface area contributed by atoms with Crippen molar-refractivity contribution in [1.29, 1.82) is 0 Å². The van der Waals surface area contributed by atoms with Crippen LogP contribution in [-0.2, 0) is 19.9 Å². The van der Waals surface area contributed by atoms with Crippen LogP contribution in [0.1, 0.15) is 28.9 Å². The van der Waals surface area contributed by atoms with E-state index in [0.29, 0.717) is 17.3 Å². The summed E-state index contributed by atoms with van der Waals surface area (Å²) in [6.45, 7) is 4.02. The molecule has 0 aliphatic heterocycles. The molecular formula is C16H20BrFN2O. The molecule has 21 heavy (non-hydrogen) atoms. The SMILES string of the molecule is Cc1nn(C)c(C)c1CCC(O)Cc1cccc(F)c1Br. The summed E-state index contributed by atoms with van der Waals surface area (Å²) in [5.74, 6) is -0.293. The van der Waals surface area contributed by atoms with E-state index in [4.69, 9.17) is 0 Å². The third kappa shape index (κ3) is 3.71. The highest BCUT2D eigenvalue weighted by Crippen LogP contribution is 2.23. The van der Waals surface area contributed by atoms with Crippen LogP contribution in [0.3, 0.4) is 0 Å². The van der Waals surface area contributed by atoms with Crippen molar-refractivity contribution >= 4 is 15.9 Å². The van der Waals surface area contributed by atoms with Crippen molar-refractivity contribution in [2.45, 2.75) is 39.2 Å². The molecule has 1 aromatic heterocycles. The van der Waals surface area contributed by atoms with Gasteiger partial charge in [0.05, 0.1) is 16.3 Å². The summed E-state index contributed by atoms with van der Waals surface area (Å²) < 4.78 is 15.8. The van der Waals surface area contributed by atoms with Gasteiger partial charge < -0.3 is 5.11 Å². The molecule has 0 aliphatic rings. The first-order valence-corrected chi connectivity index (χ1v) is 7.79. The van der Waals surface area contributed by atoms with E-state index < -0.39 is 6.10 Å². The maximum atomic E-state index is 13.4. The van der Waals surface area contributed by atoms with E-state index in [1.165, 1.54) is 11.6 Å². The lowest BCUT2D eigenvalue weighted by molar-refractivity contribution is 0.165. The maximum Gasteiger partial charge on any atom is 0.137 e. The lowest BCUT2D eigenvalue weighted by atomic mass is 10.0. The smallest absolute Gasteiger partial charge is 0.137 e. The average molecular weight is 355 g/mol. The number of hydrogen-bond donors (Lipinski definition) is 1. The molecule has 3 nitrogen and oxygen atoms in total. The number of aliphatic hydroxyl groups is 1. The Morgan fingerprint density at radius 2 is 2.10 bits per heavy atom. The summed E-state index contributed by atoms with van der Waals surface area (Å²) in [4.78, 5) is 0. The number of aromatic nitrogens is 2. The van der Waals surface area contributed by atoms with Gasteiger partial charge in [-0.15, -0.1) is 0 Å². The molecule has 1 atom stereocenters. The van der Waals surface area contributed by atoms with Gasteiger partial charge >= 0.3 is 0 Å². The minimum atomic E-state index is -0.498. The topological polar surface area (TPSA) is 38.0 Å². The predicted octanol–water partition coefficient (Wildman–Crippen LogP) is 3.47. The van der Waals surface area contributed by atoms with Crippen LogP contribution in [0.2, 0.25) is 0 Å². The predicted molar refractivity (Wildman–Crippen MR) is 84.8 cm³/mol. The van der Waals surface area contributed by atoms with Crippen molar-refractivity contribution in [3.05, 3.63) is 51.0 Å². The fourth-order valence-electron chi connectivity index (χ4n) is 2.55. The molecule has 0 radical (unpaired) electrons. The van der Waals surface area contributed by atoms with Gasteiger partial charge in [-0.3, -0.25) is 4.68 Å². The fourth-order valence-corrected chi connectivity index (χ4v) is 2.98. The van der Waals surface area contributed by atoms with Crippen molar-refractivity contribution in [3.8, 4) is 0 Å². The van der Waals surface area contributed by atoms with Crippen molar-refractivity contribution in [2.75, 3.05) is 0 Å². The molecule has 0 saturated carbocycles. The zero-order valence-corrected chi connectivity index (χ0v) is 14.1. The van der Waals surface area contributed by atoms with Crippen LogP contribution in [0.5, 0.6) is 0 Å². The Bertz CT molecular complexity index is 639. The Kier molecular flexibility index (Phi) is 5.17. The van der Waals surface area contributed by atoms with E-state index in [2.05, 4.69) is 21.0 Å². The molecule has 0 fully saturated rings. The molecule has 0 amide bonds. The third-order valence-corrected chi connectivity index (χ3v) is 4.76. The zero-order chi connectivity index (χ0) is 15.6.